The number of aliphatic hydroxyl groups is 2. The van der Waals surface area contributed by atoms with E-state index in [4.69, 9.17) is 14.5 Å². The number of aromatic nitrogens is 2. The largest absolute Gasteiger partial charge is 0.506 e. The lowest BCUT2D eigenvalue weighted by Crippen LogP contribution is -2.41. The lowest BCUT2D eigenvalue weighted by atomic mass is 10.1. The molecule has 1 aromatic carbocycles. The molecule has 186 valence electrons. The molecule has 0 bridgehead atoms. The third-order valence-corrected chi connectivity index (χ3v) is 7.06. The third-order valence-electron chi connectivity index (χ3n) is 4.91. The molecule has 14 nitrogen and oxygen atoms in total. The first kappa shape index (κ1) is 26.1. The highest BCUT2D eigenvalue weighted by molar-refractivity contribution is 7.60. The van der Waals surface area contributed by atoms with Crippen LogP contribution in [-0.4, -0.2) is 46.7 Å². The van der Waals surface area contributed by atoms with E-state index in [0.717, 1.165) is 32.5 Å². The van der Waals surface area contributed by atoms with Gasteiger partial charge in [-0.2, -0.15) is 4.31 Å². The van der Waals surface area contributed by atoms with Crippen LogP contribution in [0.2, 0.25) is 0 Å². The summed E-state index contributed by atoms with van der Waals surface area (Å²) in [4.78, 5) is 51.8. The van der Waals surface area contributed by atoms with E-state index in [2.05, 4.69) is 8.83 Å². The van der Waals surface area contributed by atoms with Crippen LogP contribution in [0, 0.1) is 6.92 Å². The van der Waals surface area contributed by atoms with Gasteiger partial charge in [0, 0.05) is 18.8 Å². The van der Waals surface area contributed by atoms with Crippen LogP contribution in [0.5, 0.6) is 0 Å². The molecule has 0 saturated carbocycles. The molecule has 1 aromatic heterocycles. The van der Waals surface area contributed by atoms with Crippen molar-refractivity contribution in [2.75, 3.05) is 6.61 Å². The van der Waals surface area contributed by atoms with Gasteiger partial charge in [0.05, 0.1) is 6.61 Å². The van der Waals surface area contributed by atoms with E-state index in [0.29, 0.717) is 6.42 Å². The van der Waals surface area contributed by atoms with Crippen LogP contribution in [-0.2, 0) is 35.7 Å². The Bertz CT molecular complexity index is 1310. The van der Waals surface area contributed by atoms with Crippen LogP contribution < -0.4 is 11.2 Å². The van der Waals surface area contributed by atoms with Crippen LogP contribution in [0.1, 0.15) is 17.4 Å². The van der Waals surface area contributed by atoms with Crippen molar-refractivity contribution in [2.45, 2.75) is 32.2 Å². The Morgan fingerprint density at radius 1 is 1.06 bits per heavy atom. The quantitative estimate of drug-likeness (QED) is 0.294. The molecule has 0 spiro atoms. The molecule has 5 N–H and O–H groups in total. The fraction of sp³-hybridized carbons (Fsp3) is 0.333. The second kappa shape index (κ2) is 9.98. The fourth-order valence-corrected chi connectivity index (χ4v) is 4.84. The Balaban J connectivity index is 1.78. The van der Waals surface area contributed by atoms with Gasteiger partial charge < -0.3 is 29.6 Å². The van der Waals surface area contributed by atoms with Gasteiger partial charge in [-0.15, -0.1) is 0 Å². The Kier molecular flexibility index (Phi) is 7.65. The summed E-state index contributed by atoms with van der Waals surface area (Å²) in [6.07, 6.45) is -1.79. The standard InChI is InChI=1S/C18H22N2O12P2/c1-11-4-2-3-5-12(11)6-8-19-14(21)7-9-20(18(19)24)17-16(23)15(22)13(31-17)10-30-34(28,29)32-33(25,26)27/h2-5,7,9,13,17,22-23H,6,8,10H2,1H3,(H,28,29)(H2,25,26,27)/t13-,17-/m1/s1. The van der Waals surface area contributed by atoms with Crippen LogP contribution in [0.4, 0.5) is 0 Å². The van der Waals surface area contributed by atoms with Gasteiger partial charge in [0.15, 0.2) is 17.7 Å². The van der Waals surface area contributed by atoms with E-state index in [-0.39, 0.29) is 6.54 Å². The molecule has 16 heteroatoms. The number of hydrogen-bond acceptors (Lipinski definition) is 9. The number of benzene rings is 1. The maximum Gasteiger partial charge on any atom is 0.481 e. The molecule has 3 atom stereocenters. The first-order valence-corrected chi connectivity index (χ1v) is 12.7. The van der Waals surface area contributed by atoms with Gasteiger partial charge in [-0.1, -0.05) is 24.3 Å². The summed E-state index contributed by atoms with van der Waals surface area (Å²) in [5, 5.41) is 20.3. The number of nitrogens with zero attached hydrogens (tertiary/aromatic N) is 2. The monoisotopic (exact) mass is 520 g/mol. The van der Waals surface area contributed by atoms with E-state index in [1.807, 2.05) is 31.2 Å². The third kappa shape index (κ3) is 6.12. The van der Waals surface area contributed by atoms with Gasteiger partial charge in [0.25, 0.3) is 5.56 Å². The van der Waals surface area contributed by atoms with Gasteiger partial charge in [-0.3, -0.25) is 18.5 Å². The zero-order valence-electron chi connectivity index (χ0n) is 17.6. The summed E-state index contributed by atoms with van der Waals surface area (Å²) < 4.78 is 37.4. The van der Waals surface area contributed by atoms with Crippen LogP contribution >= 0.6 is 15.6 Å². The van der Waals surface area contributed by atoms with Crippen molar-refractivity contribution in [2.24, 2.45) is 0 Å². The minimum absolute atomic E-state index is 0.0203. The Morgan fingerprint density at radius 2 is 1.74 bits per heavy atom. The second-order valence-electron chi connectivity index (χ2n) is 7.26. The number of rotatable bonds is 9. The van der Waals surface area contributed by atoms with Crippen molar-refractivity contribution >= 4 is 15.6 Å². The molecule has 0 saturated heterocycles. The van der Waals surface area contributed by atoms with E-state index >= 15 is 0 Å². The van der Waals surface area contributed by atoms with Crippen LogP contribution in [0.15, 0.2) is 57.6 Å². The Hall–Kier alpha value is -2.54. The summed E-state index contributed by atoms with van der Waals surface area (Å²) in [6, 6.07) is 8.48. The Morgan fingerprint density at radius 3 is 2.38 bits per heavy atom. The molecular formula is C18H22N2O12P2. The number of aliphatic hydroxyl groups excluding tert-OH is 2. The molecule has 0 aliphatic carbocycles. The topological polar surface area (TPSA) is 207 Å². The van der Waals surface area contributed by atoms with Crippen LogP contribution in [0.3, 0.4) is 0 Å². The Labute approximate surface area is 191 Å². The van der Waals surface area contributed by atoms with Gasteiger partial charge >= 0.3 is 21.3 Å². The number of ether oxygens (including phenoxy) is 1. The van der Waals surface area contributed by atoms with Crippen molar-refractivity contribution < 1.29 is 47.6 Å². The van der Waals surface area contributed by atoms with Crippen molar-refractivity contribution in [1.29, 1.82) is 0 Å². The predicted molar refractivity (Wildman–Crippen MR) is 115 cm³/mol. The smallest absolute Gasteiger partial charge is 0.481 e. The number of phosphoric acid groups is 2. The summed E-state index contributed by atoms with van der Waals surface area (Å²) in [5.41, 5.74) is 0.439. The van der Waals surface area contributed by atoms with Crippen molar-refractivity contribution in [3.05, 3.63) is 80.0 Å². The number of phosphoric ester groups is 1. The minimum atomic E-state index is -5.37. The number of aryl methyl sites for hydroxylation is 2. The SMILES string of the molecule is Cc1ccccc1CCn1c(=O)ccn([C@@H]2O[C@H](COP(=O)(O)OP(=O)(O)O)C(O)=C2O)c1=O. The molecule has 3 rings (SSSR count). The second-order valence-corrected chi connectivity index (χ2v) is 10.1. The first-order valence-electron chi connectivity index (χ1n) is 9.67. The molecule has 2 aromatic rings. The molecule has 1 aliphatic heterocycles. The van der Waals surface area contributed by atoms with Gasteiger partial charge in [-0.05, 0) is 24.5 Å². The maximum atomic E-state index is 12.9. The zero-order valence-corrected chi connectivity index (χ0v) is 19.4. The summed E-state index contributed by atoms with van der Waals surface area (Å²) in [5.74, 6) is -1.69. The molecule has 1 aliphatic rings. The fourth-order valence-electron chi connectivity index (χ4n) is 3.25. The molecule has 0 fully saturated rings. The lowest BCUT2D eigenvalue weighted by Gasteiger charge is -2.19. The summed E-state index contributed by atoms with van der Waals surface area (Å²) in [6.45, 7) is 0.937. The average molecular weight is 520 g/mol. The average Bonchev–Trinajstić information content (AvgIpc) is 3.00. The van der Waals surface area contributed by atoms with Gasteiger partial charge in [0.2, 0.25) is 0 Å². The zero-order chi connectivity index (χ0) is 25.3. The summed E-state index contributed by atoms with van der Waals surface area (Å²) >= 11 is 0. The van der Waals surface area contributed by atoms with E-state index in [9.17, 15) is 33.8 Å². The van der Waals surface area contributed by atoms with Crippen molar-refractivity contribution in [3.63, 3.8) is 0 Å². The maximum absolute atomic E-state index is 12.9. The number of hydrogen-bond donors (Lipinski definition) is 5. The highest BCUT2D eigenvalue weighted by atomic mass is 31.3. The molecule has 34 heavy (non-hydrogen) atoms. The summed E-state index contributed by atoms with van der Waals surface area (Å²) in [7, 11) is -10.6. The highest BCUT2D eigenvalue weighted by Gasteiger charge is 2.40. The van der Waals surface area contributed by atoms with E-state index in [1.54, 1.807) is 0 Å². The molecule has 0 amide bonds. The normalized spacial score (nSPS) is 20.5. The van der Waals surface area contributed by atoms with Crippen LogP contribution in [0.25, 0.3) is 0 Å². The molecular weight excluding hydrogens is 498 g/mol. The van der Waals surface area contributed by atoms with E-state index < -0.39 is 57.4 Å². The highest BCUT2D eigenvalue weighted by Crippen LogP contribution is 2.57. The van der Waals surface area contributed by atoms with Crippen molar-refractivity contribution in [3.8, 4) is 0 Å². The first-order chi connectivity index (χ1) is 15.8. The molecule has 1 unspecified atom stereocenters. The predicted octanol–water partition coefficient (Wildman–Crippen LogP) is 1.01. The lowest BCUT2D eigenvalue weighted by molar-refractivity contribution is -0.0368. The van der Waals surface area contributed by atoms with Gasteiger partial charge in [0.1, 0.15) is 6.10 Å². The van der Waals surface area contributed by atoms with Gasteiger partial charge in [-0.25, -0.2) is 13.9 Å². The molecule has 0 radical (unpaired) electrons. The van der Waals surface area contributed by atoms with E-state index in [1.165, 1.54) is 0 Å². The van der Waals surface area contributed by atoms with Crippen molar-refractivity contribution in [1.82, 2.24) is 9.13 Å². The molecule has 2 heterocycles. The minimum Gasteiger partial charge on any atom is -0.506 e.